The summed E-state index contributed by atoms with van der Waals surface area (Å²) in [5.74, 6) is 11.5. The van der Waals surface area contributed by atoms with Crippen LogP contribution in [0.4, 0.5) is 0 Å². The summed E-state index contributed by atoms with van der Waals surface area (Å²) in [6.07, 6.45) is 23.6. The zero-order valence-electron chi connectivity index (χ0n) is 21.3. The van der Waals surface area contributed by atoms with Gasteiger partial charge in [-0.2, -0.15) is 0 Å². The first-order chi connectivity index (χ1) is 16.7. The van der Waals surface area contributed by atoms with Gasteiger partial charge in [0.1, 0.15) is 0 Å². The molecule has 6 unspecified atom stereocenters. The highest BCUT2D eigenvalue weighted by molar-refractivity contribution is 5.97. The molecule has 0 amide bonds. The zero-order chi connectivity index (χ0) is 23.1. The van der Waals surface area contributed by atoms with Crippen molar-refractivity contribution < 1.29 is 0 Å². The highest BCUT2D eigenvalue weighted by atomic mass is 15.6. The fourth-order valence-electron chi connectivity index (χ4n) is 8.87. The van der Waals surface area contributed by atoms with E-state index in [4.69, 9.17) is 16.2 Å². The fraction of sp³-hybridized carbons (Fsp3) is 0.929. The second kappa shape index (κ2) is 9.99. The summed E-state index contributed by atoms with van der Waals surface area (Å²) in [5, 5.41) is 14.2. The van der Waals surface area contributed by atoms with Gasteiger partial charge in [-0.1, -0.05) is 51.4 Å². The summed E-state index contributed by atoms with van der Waals surface area (Å²) in [7, 11) is 0. The summed E-state index contributed by atoms with van der Waals surface area (Å²) >= 11 is 0. The van der Waals surface area contributed by atoms with Crippen molar-refractivity contribution in [3.63, 3.8) is 0 Å². The average Bonchev–Trinajstić information content (AvgIpc) is 3.67. The number of nitrogens with two attached hydrogens (primary N) is 1. The maximum absolute atomic E-state index is 9.00. The van der Waals surface area contributed by atoms with Crippen LogP contribution >= 0.6 is 0 Å². The SMILES string of the molecule is N=C(NC1CCCCC1)N(N)C(=NC1CC2CCC1C2)N(C1CCCCC1)C1CC2CCC1C2. The van der Waals surface area contributed by atoms with E-state index < -0.39 is 0 Å². The Hall–Kier alpha value is -1.30. The maximum Gasteiger partial charge on any atom is 0.219 e. The van der Waals surface area contributed by atoms with E-state index in [0.717, 1.165) is 42.5 Å². The van der Waals surface area contributed by atoms with Gasteiger partial charge >= 0.3 is 0 Å². The van der Waals surface area contributed by atoms with Crippen molar-refractivity contribution in [1.29, 1.82) is 5.41 Å². The van der Waals surface area contributed by atoms with Crippen LogP contribution in [-0.2, 0) is 0 Å². The minimum Gasteiger partial charge on any atom is -0.352 e. The Morgan fingerprint density at radius 1 is 0.735 bits per heavy atom. The monoisotopic (exact) mass is 468 g/mol. The van der Waals surface area contributed by atoms with E-state index in [-0.39, 0.29) is 0 Å². The Morgan fingerprint density at radius 3 is 1.97 bits per heavy atom. The number of nitrogens with one attached hydrogen (secondary N) is 2. The molecule has 0 aromatic rings. The summed E-state index contributed by atoms with van der Waals surface area (Å²) in [5.41, 5.74) is 0. The third-order valence-electron chi connectivity index (χ3n) is 10.6. The van der Waals surface area contributed by atoms with Crippen LogP contribution in [-0.4, -0.2) is 46.0 Å². The summed E-state index contributed by atoms with van der Waals surface area (Å²) in [4.78, 5) is 8.25. The minimum absolute atomic E-state index is 0.373. The molecule has 6 rings (SSSR count). The Balaban J connectivity index is 1.30. The number of hydrazine groups is 1. The van der Waals surface area contributed by atoms with Crippen molar-refractivity contribution in [3.05, 3.63) is 0 Å². The molecule has 0 aromatic carbocycles. The first-order valence-corrected chi connectivity index (χ1v) is 14.9. The quantitative estimate of drug-likeness (QED) is 0.224. The van der Waals surface area contributed by atoms with E-state index >= 15 is 0 Å². The number of nitrogens with zero attached hydrogens (tertiary/aromatic N) is 3. The molecule has 0 radical (unpaired) electrons. The molecule has 6 nitrogen and oxygen atoms in total. The van der Waals surface area contributed by atoms with Crippen molar-refractivity contribution in [2.24, 2.45) is 34.5 Å². The highest BCUT2D eigenvalue weighted by Gasteiger charge is 2.47. The van der Waals surface area contributed by atoms with E-state index in [9.17, 15) is 0 Å². The van der Waals surface area contributed by atoms with Gasteiger partial charge in [0, 0.05) is 18.1 Å². The van der Waals surface area contributed by atoms with Gasteiger partial charge in [-0.05, 0) is 87.9 Å². The number of aliphatic imine (C=N–C) groups is 1. The number of hydrogen-bond acceptors (Lipinski definition) is 3. The number of hydrogen-bond donors (Lipinski definition) is 3. The van der Waals surface area contributed by atoms with Gasteiger partial charge in [-0.25, -0.2) is 15.8 Å². The lowest BCUT2D eigenvalue weighted by molar-refractivity contribution is 0.131. The van der Waals surface area contributed by atoms with Crippen LogP contribution in [0.3, 0.4) is 0 Å². The fourth-order valence-corrected chi connectivity index (χ4v) is 8.87. The molecule has 4 bridgehead atoms. The van der Waals surface area contributed by atoms with Gasteiger partial charge in [0.2, 0.25) is 11.9 Å². The molecular formula is C28H48N6. The molecule has 6 fully saturated rings. The molecule has 0 aromatic heterocycles. The van der Waals surface area contributed by atoms with Gasteiger partial charge in [0.05, 0.1) is 6.04 Å². The molecule has 6 heteroatoms. The average molecular weight is 469 g/mol. The smallest absolute Gasteiger partial charge is 0.219 e. The number of rotatable bonds is 4. The molecule has 6 aliphatic rings. The predicted molar refractivity (Wildman–Crippen MR) is 138 cm³/mol. The maximum atomic E-state index is 9.00. The first kappa shape index (κ1) is 23.1. The molecule has 6 aliphatic carbocycles. The van der Waals surface area contributed by atoms with Crippen molar-refractivity contribution in [1.82, 2.24) is 15.2 Å². The van der Waals surface area contributed by atoms with E-state index in [1.54, 1.807) is 5.01 Å². The lowest BCUT2D eigenvalue weighted by Gasteiger charge is -2.46. The molecular weight excluding hydrogens is 420 g/mol. The second-order valence-electron chi connectivity index (χ2n) is 12.8. The zero-order valence-corrected chi connectivity index (χ0v) is 21.3. The van der Waals surface area contributed by atoms with Crippen molar-refractivity contribution in [3.8, 4) is 0 Å². The van der Waals surface area contributed by atoms with Crippen molar-refractivity contribution >= 4 is 11.9 Å². The van der Waals surface area contributed by atoms with Crippen LogP contribution in [0.5, 0.6) is 0 Å². The summed E-state index contributed by atoms with van der Waals surface area (Å²) < 4.78 is 0. The van der Waals surface area contributed by atoms with Crippen LogP contribution in [0, 0.1) is 29.1 Å². The Bertz CT molecular complexity index is 754. The minimum atomic E-state index is 0.373. The molecule has 0 spiro atoms. The van der Waals surface area contributed by atoms with Crippen LogP contribution in [0.2, 0.25) is 0 Å². The van der Waals surface area contributed by atoms with Crippen molar-refractivity contribution in [2.75, 3.05) is 0 Å². The molecule has 0 aliphatic heterocycles. The second-order valence-corrected chi connectivity index (χ2v) is 12.8. The third kappa shape index (κ3) is 4.60. The molecule has 4 N–H and O–H groups in total. The lowest BCUT2D eigenvalue weighted by atomic mass is 9.88. The Morgan fingerprint density at radius 2 is 1.38 bits per heavy atom. The van der Waals surface area contributed by atoms with Gasteiger partial charge < -0.3 is 10.2 Å². The molecule has 0 heterocycles. The summed E-state index contributed by atoms with van der Waals surface area (Å²) in [6.45, 7) is 0. The van der Waals surface area contributed by atoms with E-state index in [1.807, 2.05) is 0 Å². The molecule has 34 heavy (non-hydrogen) atoms. The molecule has 190 valence electrons. The molecule has 6 saturated carbocycles. The third-order valence-corrected chi connectivity index (χ3v) is 10.6. The van der Waals surface area contributed by atoms with E-state index in [1.165, 1.54) is 103 Å². The van der Waals surface area contributed by atoms with Gasteiger partial charge in [0.25, 0.3) is 0 Å². The highest BCUT2D eigenvalue weighted by Crippen LogP contribution is 2.49. The van der Waals surface area contributed by atoms with Crippen molar-refractivity contribution in [2.45, 2.75) is 140 Å². The van der Waals surface area contributed by atoms with E-state index in [2.05, 4.69) is 10.2 Å². The first-order valence-electron chi connectivity index (χ1n) is 14.9. The van der Waals surface area contributed by atoms with E-state index in [0.29, 0.717) is 30.1 Å². The number of fused-ring (bicyclic) bond motifs is 4. The van der Waals surface area contributed by atoms with Gasteiger partial charge in [0.15, 0.2) is 0 Å². The van der Waals surface area contributed by atoms with Crippen LogP contribution < -0.4 is 11.2 Å². The number of guanidine groups is 2. The predicted octanol–water partition coefficient (Wildman–Crippen LogP) is 5.39. The molecule has 6 atom stereocenters. The van der Waals surface area contributed by atoms with Gasteiger partial charge in [-0.3, -0.25) is 5.41 Å². The van der Waals surface area contributed by atoms with Gasteiger partial charge in [-0.15, -0.1) is 0 Å². The Kier molecular flexibility index (Phi) is 6.79. The van der Waals surface area contributed by atoms with Crippen LogP contribution in [0.25, 0.3) is 0 Å². The normalized spacial score (nSPS) is 38.4. The lowest BCUT2D eigenvalue weighted by Crippen LogP contribution is -2.62. The van der Waals surface area contributed by atoms with Crippen LogP contribution in [0.15, 0.2) is 4.99 Å². The standard InChI is InChI=1S/C28H48N6/c29-27(31-23-7-3-1-4-8-23)34(30)28(32-25-17-19-11-13-21(25)15-19)33(24-9-5-2-6-10-24)26-18-20-12-14-22(26)16-20/h19-26H,1-18,30H2,(H2,29,31). The topological polar surface area (TPSA) is 80.7 Å². The Labute approximate surface area is 207 Å². The summed E-state index contributed by atoms with van der Waals surface area (Å²) in [6, 6.07) is 1.92. The largest absolute Gasteiger partial charge is 0.352 e. The van der Waals surface area contributed by atoms with Crippen LogP contribution in [0.1, 0.15) is 116 Å². The molecule has 0 saturated heterocycles.